The van der Waals surface area contributed by atoms with Crippen molar-refractivity contribution in [3.63, 3.8) is 0 Å². The lowest BCUT2D eigenvalue weighted by Gasteiger charge is -2.09. The van der Waals surface area contributed by atoms with Crippen LogP contribution in [0.25, 0.3) is 0 Å². The second kappa shape index (κ2) is 6.50. The fourth-order valence-corrected chi connectivity index (χ4v) is 3.76. The number of rotatable bonds is 6. The molecule has 0 unspecified atom stereocenters. The number of nitrogens with one attached hydrogen (secondary N) is 1. The Morgan fingerprint density at radius 1 is 1.46 bits per heavy atom. The molecule has 128 valence electrons. The summed E-state index contributed by atoms with van der Waals surface area (Å²) in [5, 5.41) is 3.61. The van der Waals surface area contributed by atoms with E-state index in [1.165, 1.54) is 18.2 Å². The number of hydrogen-bond acceptors (Lipinski definition) is 7. The summed E-state index contributed by atoms with van der Waals surface area (Å²) in [6.07, 6.45) is 1.59. The molecule has 2 aromatic rings. The smallest absolute Gasteiger partial charge is 0.338 e. The van der Waals surface area contributed by atoms with Gasteiger partial charge in [0.2, 0.25) is 10.0 Å². The summed E-state index contributed by atoms with van der Waals surface area (Å²) in [6.45, 7) is 1.43. The van der Waals surface area contributed by atoms with Gasteiger partial charge in [-0.25, -0.2) is 17.9 Å². The molecule has 1 aliphatic carbocycles. The highest BCUT2D eigenvalue weighted by Gasteiger charge is 2.29. The Hall–Kier alpha value is -1.97. The standard InChI is InChI=1S/C14H14ClN3O5S/c1-8-16-13(23-17-8)7-22-14(19)9-2-5-11(15)12(6-9)24(20,21)18-10-3-4-10/h2,5-6,10,18H,3-4,7H2,1H3. The van der Waals surface area contributed by atoms with Crippen LogP contribution in [0.3, 0.4) is 0 Å². The van der Waals surface area contributed by atoms with Gasteiger partial charge in [0.15, 0.2) is 12.4 Å². The normalized spacial score (nSPS) is 14.6. The van der Waals surface area contributed by atoms with E-state index in [0.29, 0.717) is 5.82 Å². The minimum atomic E-state index is -3.78. The van der Waals surface area contributed by atoms with Gasteiger partial charge < -0.3 is 9.26 Å². The first-order chi connectivity index (χ1) is 11.3. The fraction of sp³-hybridized carbons (Fsp3) is 0.357. The monoisotopic (exact) mass is 371 g/mol. The number of sulfonamides is 1. The molecule has 8 nitrogen and oxygen atoms in total. The predicted molar refractivity (Wildman–Crippen MR) is 83.0 cm³/mol. The molecule has 1 aliphatic rings. The van der Waals surface area contributed by atoms with E-state index in [-0.39, 0.29) is 34.0 Å². The average Bonchev–Trinajstić information content (AvgIpc) is 3.23. The van der Waals surface area contributed by atoms with Crippen molar-refractivity contribution in [2.75, 3.05) is 0 Å². The first-order valence-corrected chi connectivity index (χ1v) is 8.99. The van der Waals surface area contributed by atoms with Crippen LogP contribution in [0.5, 0.6) is 0 Å². The van der Waals surface area contributed by atoms with Crippen molar-refractivity contribution in [2.45, 2.75) is 37.3 Å². The number of benzene rings is 1. The van der Waals surface area contributed by atoms with Crippen molar-refractivity contribution >= 4 is 27.6 Å². The molecule has 3 rings (SSSR count). The molecule has 1 aromatic heterocycles. The molecule has 1 heterocycles. The Kier molecular flexibility index (Phi) is 4.57. The summed E-state index contributed by atoms with van der Waals surface area (Å²) < 4.78 is 36.9. The third-order valence-electron chi connectivity index (χ3n) is 3.25. The summed E-state index contributed by atoms with van der Waals surface area (Å²) in [5.74, 6) is -0.143. The molecule has 1 saturated carbocycles. The van der Waals surface area contributed by atoms with Gasteiger partial charge in [0.05, 0.1) is 10.6 Å². The number of aromatic nitrogens is 2. The SMILES string of the molecule is Cc1noc(COC(=O)c2ccc(Cl)c(S(=O)(=O)NC3CC3)c2)n1. The van der Waals surface area contributed by atoms with E-state index in [1.807, 2.05) is 0 Å². The predicted octanol–water partition coefficient (Wildman–Crippen LogP) is 1.83. The van der Waals surface area contributed by atoms with Gasteiger partial charge in [-0.15, -0.1) is 0 Å². The summed E-state index contributed by atoms with van der Waals surface area (Å²) in [7, 11) is -3.78. The zero-order chi connectivity index (χ0) is 17.3. The minimum absolute atomic E-state index is 0.0345. The molecular weight excluding hydrogens is 358 g/mol. The van der Waals surface area contributed by atoms with Gasteiger partial charge in [-0.2, -0.15) is 4.98 Å². The third-order valence-corrected chi connectivity index (χ3v) is 5.25. The highest BCUT2D eigenvalue weighted by atomic mass is 35.5. The molecule has 1 N–H and O–H groups in total. The lowest BCUT2D eigenvalue weighted by Crippen LogP contribution is -2.26. The van der Waals surface area contributed by atoms with Crippen LogP contribution in [0.1, 0.15) is 34.9 Å². The number of ether oxygens (including phenoxy) is 1. The van der Waals surface area contributed by atoms with Crippen LogP contribution in [0.2, 0.25) is 5.02 Å². The second-order valence-electron chi connectivity index (χ2n) is 5.35. The Bertz CT molecular complexity index is 876. The van der Waals surface area contributed by atoms with Gasteiger partial charge in [-0.05, 0) is 38.0 Å². The molecule has 0 radical (unpaired) electrons. The number of halogens is 1. The third kappa shape index (κ3) is 3.92. The van der Waals surface area contributed by atoms with E-state index < -0.39 is 16.0 Å². The van der Waals surface area contributed by atoms with Crippen LogP contribution in [0.15, 0.2) is 27.6 Å². The molecule has 0 aliphatic heterocycles. The lowest BCUT2D eigenvalue weighted by molar-refractivity contribution is 0.0429. The largest absolute Gasteiger partial charge is 0.452 e. The van der Waals surface area contributed by atoms with Gasteiger partial charge in [-0.1, -0.05) is 16.8 Å². The molecule has 24 heavy (non-hydrogen) atoms. The van der Waals surface area contributed by atoms with Crippen molar-refractivity contribution in [3.8, 4) is 0 Å². The Balaban J connectivity index is 1.75. The van der Waals surface area contributed by atoms with E-state index in [9.17, 15) is 13.2 Å². The molecule has 0 atom stereocenters. The highest BCUT2D eigenvalue weighted by Crippen LogP contribution is 2.27. The Morgan fingerprint density at radius 2 is 2.21 bits per heavy atom. The number of nitrogens with zero attached hydrogens (tertiary/aromatic N) is 2. The van der Waals surface area contributed by atoms with Gasteiger partial charge in [0.25, 0.3) is 5.89 Å². The quantitative estimate of drug-likeness (QED) is 0.771. The topological polar surface area (TPSA) is 111 Å². The van der Waals surface area contributed by atoms with Crippen LogP contribution in [0, 0.1) is 6.92 Å². The molecule has 1 aromatic carbocycles. The average molecular weight is 372 g/mol. The number of aryl methyl sites for hydroxylation is 1. The highest BCUT2D eigenvalue weighted by molar-refractivity contribution is 7.89. The summed E-state index contributed by atoms with van der Waals surface area (Å²) in [4.78, 5) is 15.8. The van der Waals surface area contributed by atoms with E-state index in [1.54, 1.807) is 6.92 Å². The number of hydrogen-bond donors (Lipinski definition) is 1. The number of carbonyl (C=O) groups excluding carboxylic acids is 1. The summed E-state index contributed by atoms with van der Waals surface area (Å²) >= 11 is 5.96. The molecule has 0 saturated heterocycles. The van der Waals surface area contributed by atoms with E-state index >= 15 is 0 Å². The zero-order valence-electron chi connectivity index (χ0n) is 12.7. The maximum Gasteiger partial charge on any atom is 0.338 e. The Morgan fingerprint density at radius 3 is 2.83 bits per heavy atom. The van der Waals surface area contributed by atoms with Gasteiger partial charge in [-0.3, -0.25) is 0 Å². The van der Waals surface area contributed by atoms with E-state index in [4.69, 9.17) is 20.9 Å². The molecule has 0 amide bonds. The fourth-order valence-electron chi connectivity index (χ4n) is 1.93. The van der Waals surface area contributed by atoms with E-state index in [2.05, 4.69) is 14.9 Å². The molecule has 1 fully saturated rings. The number of esters is 1. The van der Waals surface area contributed by atoms with Crippen molar-refractivity contribution in [2.24, 2.45) is 0 Å². The molecule has 10 heteroatoms. The first kappa shape index (κ1) is 16.9. The zero-order valence-corrected chi connectivity index (χ0v) is 14.2. The van der Waals surface area contributed by atoms with Crippen LogP contribution in [-0.4, -0.2) is 30.6 Å². The summed E-state index contributed by atoms with van der Waals surface area (Å²) in [6, 6.07) is 3.85. The first-order valence-electron chi connectivity index (χ1n) is 7.13. The number of carbonyl (C=O) groups is 1. The van der Waals surface area contributed by atoms with Crippen molar-refractivity contribution in [1.82, 2.24) is 14.9 Å². The molecule has 0 bridgehead atoms. The van der Waals surface area contributed by atoms with Crippen LogP contribution in [0.4, 0.5) is 0 Å². The van der Waals surface area contributed by atoms with Gasteiger partial charge in [0.1, 0.15) is 4.90 Å². The molecular formula is C14H14ClN3O5S. The van der Waals surface area contributed by atoms with Crippen LogP contribution in [-0.2, 0) is 21.4 Å². The summed E-state index contributed by atoms with van der Waals surface area (Å²) in [5.41, 5.74) is 0.0619. The van der Waals surface area contributed by atoms with Gasteiger partial charge >= 0.3 is 5.97 Å². The van der Waals surface area contributed by atoms with Crippen molar-refractivity contribution < 1.29 is 22.5 Å². The van der Waals surface area contributed by atoms with Crippen LogP contribution >= 0.6 is 11.6 Å². The maximum absolute atomic E-state index is 12.3. The lowest BCUT2D eigenvalue weighted by atomic mass is 10.2. The second-order valence-corrected chi connectivity index (χ2v) is 7.44. The minimum Gasteiger partial charge on any atom is -0.452 e. The van der Waals surface area contributed by atoms with Gasteiger partial charge in [0, 0.05) is 6.04 Å². The van der Waals surface area contributed by atoms with Crippen LogP contribution < -0.4 is 4.72 Å². The van der Waals surface area contributed by atoms with Crippen molar-refractivity contribution in [3.05, 3.63) is 40.5 Å². The van der Waals surface area contributed by atoms with Crippen molar-refractivity contribution in [1.29, 1.82) is 0 Å². The Labute approximate surface area is 143 Å². The molecule has 0 spiro atoms. The van der Waals surface area contributed by atoms with E-state index in [0.717, 1.165) is 12.8 Å². The maximum atomic E-state index is 12.3.